The zero-order valence-electron chi connectivity index (χ0n) is 4.67. The lowest BCUT2D eigenvalue weighted by atomic mass is 10.3. The highest BCUT2D eigenvalue weighted by Gasteiger charge is 2.11. The minimum Gasteiger partial charge on any atom is -0.204 e. The largest absolute Gasteiger partial charge is 0.204 e. The van der Waals surface area contributed by atoms with E-state index in [0.29, 0.717) is 12.1 Å². The van der Waals surface area contributed by atoms with E-state index in [0.717, 1.165) is 0 Å². The van der Waals surface area contributed by atoms with Crippen LogP contribution >= 0.6 is 0 Å². The van der Waals surface area contributed by atoms with Crippen molar-refractivity contribution >= 4 is 0 Å². The van der Waals surface area contributed by atoms with Crippen molar-refractivity contribution in [3.05, 3.63) is 35.4 Å². The first-order valence-corrected chi connectivity index (χ1v) is 2.42. The van der Waals surface area contributed by atoms with Crippen LogP contribution in [0.2, 0.25) is 0 Å². The molecule has 54 valence electrons. The van der Waals surface area contributed by atoms with E-state index in [9.17, 15) is 17.6 Å². The standard InChI is InChI=1S/C6H2F4/c7-3-1-2-4(8)6(10)5(3)9/h1-2H. The summed E-state index contributed by atoms with van der Waals surface area (Å²) >= 11 is 0. The molecule has 0 fully saturated rings. The second-order valence-electron chi connectivity index (χ2n) is 1.66. The Morgan fingerprint density at radius 3 is 1.30 bits per heavy atom. The van der Waals surface area contributed by atoms with E-state index in [1.54, 1.807) is 0 Å². The van der Waals surface area contributed by atoms with E-state index in [1.165, 1.54) is 0 Å². The van der Waals surface area contributed by atoms with Crippen molar-refractivity contribution in [2.45, 2.75) is 0 Å². The molecule has 1 aromatic carbocycles. The van der Waals surface area contributed by atoms with Crippen LogP contribution in [0, 0.1) is 23.3 Å². The SMILES string of the molecule is Fc1ccc(F)c(F)c1F. The Labute approximate surface area is 54.1 Å². The summed E-state index contributed by atoms with van der Waals surface area (Å²) in [5.74, 6) is -6.34. The summed E-state index contributed by atoms with van der Waals surface area (Å²) in [6.45, 7) is 0. The molecule has 1 rings (SSSR count). The van der Waals surface area contributed by atoms with Gasteiger partial charge in [0.05, 0.1) is 0 Å². The van der Waals surface area contributed by atoms with Crippen molar-refractivity contribution in [1.29, 1.82) is 0 Å². The molecule has 0 bridgehead atoms. The second-order valence-corrected chi connectivity index (χ2v) is 1.66. The van der Waals surface area contributed by atoms with Crippen molar-refractivity contribution in [1.82, 2.24) is 0 Å². The smallest absolute Gasteiger partial charge is 0.197 e. The second kappa shape index (κ2) is 2.28. The van der Waals surface area contributed by atoms with Gasteiger partial charge in [0.1, 0.15) is 0 Å². The van der Waals surface area contributed by atoms with Gasteiger partial charge in [-0.2, -0.15) is 0 Å². The molecule has 0 N–H and O–H groups in total. The lowest BCUT2D eigenvalue weighted by molar-refractivity contribution is 0.409. The molecule has 0 unspecified atom stereocenters. The summed E-state index contributed by atoms with van der Waals surface area (Å²) in [6, 6.07) is 1.04. The first-order chi connectivity index (χ1) is 4.63. The fraction of sp³-hybridized carbons (Fsp3) is 0. The first-order valence-electron chi connectivity index (χ1n) is 2.42. The molecule has 0 nitrogen and oxygen atoms in total. The number of benzene rings is 1. The zero-order chi connectivity index (χ0) is 7.72. The van der Waals surface area contributed by atoms with E-state index in [1.807, 2.05) is 0 Å². The van der Waals surface area contributed by atoms with Gasteiger partial charge in [-0.25, -0.2) is 17.6 Å². The van der Waals surface area contributed by atoms with Crippen LogP contribution in [0.4, 0.5) is 17.6 Å². The summed E-state index contributed by atoms with van der Waals surface area (Å²) < 4.78 is 48.0. The zero-order valence-corrected chi connectivity index (χ0v) is 4.67. The predicted octanol–water partition coefficient (Wildman–Crippen LogP) is 2.24. The first kappa shape index (κ1) is 7.05. The minimum atomic E-state index is -1.78. The maximum atomic E-state index is 12.0. The van der Waals surface area contributed by atoms with Gasteiger partial charge in [0, 0.05) is 0 Å². The fourth-order valence-corrected chi connectivity index (χ4v) is 0.502. The maximum absolute atomic E-state index is 12.0. The maximum Gasteiger partial charge on any atom is 0.197 e. The van der Waals surface area contributed by atoms with E-state index in [2.05, 4.69) is 0 Å². The molecule has 0 amide bonds. The topological polar surface area (TPSA) is 0 Å². The molecule has 0 aliphatic carbocycles. The van der Waals surface area contributed by atoms with Crippen LogP contribution in [-0.4, -0.2) is 0 Å². The Morgan fingerprint density at radius 1 is 0.700 bits per heavy atom. The molecule has 0 heterocycles. The molecule has 0 atom stereocenters. The van der Waals surface area contributed by atoms with E-state index in [-0.39, 0.29) is 0 Å². The summed E-state index contributed by atoms with van der Waals surface area (Å²) in [6.07, 6.45) is 0. The minimum absolute atomic E-state index is 0.522. The van der Waals surface area contributed by atoms with Crippen molar-refractivity contribution in [3.8, 4) is 0 Å². The Bertz CT molecular complexity index is 229. The average molecular weight is 150 g/mol. The Kier molecular flexibility index (Phi) is 1.61. The number of halogens is 4. The van der Waals surface area contributed by atoms with Gasteiger partial charge >= 0.3 is 0 Å². The quantitative estimate of drug-likeness (QED) is 0.302. The molecule has 1 aromatic rings. The highest BCUT2D eigenvalue weighted by molar-refractivity contribution is 5.10. The van der Waals surface area contributed by atoms with Gasteiger partial charge in [-0.3, -0.25) is 0 Å². The van der Waals surface area contributed by atoms with Gasteiger partial charge in [0.15, 0.2) is 23.3 Å². The third-order valence-electron chi connectivity index (χ3n) is 0.988. The van der Waals surface area contributed by atoms with Crippen LogP contribution in [0.5, 0.6) is 0 Å². The van der Waals surface area contributed by atoms with Gasteiger partial charge in [-0.15, -0.1) is 0 Å². The highest BCUT2D eigenvalue weighted by atomic mass is 19.2. The Hall–Kier alpha value is -1.06. The number of rotatable bonds is 0. The highest BCUT2D eigenvalue weighted by Crippen LogP contribution is 2.12. The van der Waals surface area contributed by atoms with Gasteiger partial charge < -0.3 is 0 Å². The Balaban J connectivity index is 3.34. The third-order valence-corrected chi connectivity index (χ3v) is 0.988. The molecule has 0 aliphatic heterocycles. The van der Waals surface area contributed by atoms with E-state index in [4.69, 9.17) is 0 Å². The molecule has 0 saturated carbocycles. The molecule has 4 heteroatoms. The van der Waals surface area contributed by atoms with Crippen LogP contribution in [0.25, 0.3) is 0 Å². The number of hydrogen-bond acceptors (Lipinski definition) is 0. The molecule has 0 aliphatic rings. The number of hydrogen-bond donors (Lipinski definition) is 0. The van der Waals surface area contributed by atoms with Crippen molar-refractivity contribution in [2.24, 2.45) is 0 Å². The van der Waals surface area contributed by atoms with Crippen molar-refractivity contribution in [3.63, 3.8) is 0 Å². The van der Waals surface area contributed by atoms with Crippen LogP contribution in [0.1, 0.15) is 0 Å². The van der Waals surface area contributed by atoms with Gasteiger partial charge in [-0.1, -0.05) is 0 Å². The Morgan fingerprint density at radius 2 is 1.00 bits per heavy atom. The van der Waals surface area contributed by atoms with Crippen LogP contribution in [0.15, 0.2) is 12.1 Å². The third kappa shape index (κ3) is 0.964. The van der Waals surface area contributed by atoms with Gasteiger partial charge in [0.25, 0.3) is 0 Å². The van der Waals surface area contributed by atoms with Gasteiger partial charge in [-0.05, 0) is 12.1 Å². The molecule has 10 heavy (non-hydrogen) atoms. The van der Waals surface area contributed by atoms with Crippen molar-refractivity contribution in [2.75, 3.05) is 0 Å². The molecule has 0 aromatic heterocycles. The molecule has 0 spiro atoms. The normalized spacial score (nSPS) is 10.0. The molecule has 0 saturated heterocycles. The lowest BCUT2D eigenvalue weighted by Gasteiger charge is -1.93. The van der Waals surface area contributed by atoms with Crippen molar-refractivity contribution < 1.29 is 17.6 Å². The van der Waals surface area contributed by atoms with Crippen LogP contribution in [0.3, 0.4) is 0 Å². The summed E-state index contributed by atoms with van der Waals surface area (Å²) in [4.78, 5) is 0. The van der Waals surface area contributed by atoms with Crippen LogP contribution in [-0.2, 0) is 0 Å². The monoisotopic (exact) mass is 150 g/mol. The summed E-state index contributed by atoms with van der Waals surface area (Å²) in [7, 11) is 0. The van der Waals surface area contributed by atoms with Gasteiger partial charge in [0.2, 0.25) is 0 Å². The van der Waals surface area contributed by atoms with E-state index < -0.39 is 23.3 Å². The summed E-state index contributed by atoms with van der Waals surface area (Å²) in [5, 5.41) is 0. The fourth-order valence-electron chi connectivity index (χ4n) is 0.502. The summed E-state index contributed by atoms with van der Waals surface area (Å²) in [5.41, 5.74) is 0. The molecule has 0 radical (unpaired) electrons. The molecular weight excluding hydrogens is 148 g/mol. The predicted molar refractivity (Wildman–Crippen MR) is 26.3 cm³/mol. The molecular formula is C6H2F4. The van der Waals surface area contributed by atoms with E-state index >= 15 is 0 Å². The van der Waals surface area contributed by atoms with Crippen LogP contribution < -0.4 is 0 Å². The lowest BCUT2D eigenvalue weighted by Crippen LogP contribution is -1.93. The average Bonchev–Trinajstić information content (AvgIpc) is 1.93.